The summed E-state index contributed by atoms with van der Waals surface area (Å²) in [6, 6.07) is 8.86. The molecule has 0 unspecified atom stereocenters. The number of hydrogen-bond donors (Lipinski definition) is 0. The number of anilines is 1. The van der Waals surface area contributed by atoms with E-state index in [0.29, 0.717) is 6.54 Å². The Kier molecular flexibility index (Phi) is 4.65. The molecule has 21 heavy (non-hydrogen) atoms. The van der Waals surface area contributed by atoms with Crippen molar-refractivity contribution in [1.29, 1.82) is 0 Å². The number of halogens is 1. The van der Waals surface area contributed by atoms with Crippen LogP contribution < -0.4 is 9.64 Å². The summed E-state index contributed by atoms with van der Waals surface area (Å²) in [5.41, 5.74) is -0.301. The van der Waals surface area contributed by atoms with Crippen molar-refractivity contribution in [2.75, 3.05) is 25.1 Å². The van der Waals surface area contributed by atoms with Gasteiger partial charge in [-0.1, -0.05) is 6.07 Å². The zero-order valence-electron chi connectivity index (χ0n) is 11.4. The highest BCUT2D eigenvalue weighted by Gasteiger charge is 2.11. The van der Waals surface area contributed by atoms with Crippen molar-refractivity contribution in [2.45, 2.75) is 0 Å². The van der Waals surface area contributed by atoms with Gasteiger partial charge in [0, 0.05) is 19.3 Å². The first-order chi connectivity index (χ1) is 10.1. The number of aromatic nitrogens is 1. The topological polar surface area (TPSA) is 68.5 Å². The standard InChI is InChI=1S/C14H14FN3O3/c1-17(14-4-2-3-7-16-14)8-9-21-13-6-5-11(18(19)20)10-12(13)15/h2-7,10H,8-9H2,1H3. The molecule has 6 nitrogen and oxygen atoms in total. The van der Waals surface area contributed by atoms with Gasteiger partial charge in [0.05, 0.1) is 17.5 Å². The van der Waals surface area contributed by atoms with Crippen LogP contribution in [0.5, 0.6) is 5.75 Å². The third-order valence-corrected chi connectivity index (χ3v) is 2.85. The lowest BCUT2D eigenvalue weighted by Gasteiger charge is -2.18. The van der Waals surface area contributed by atoms with Crippen LogP contribution in [-0.4, -0.2) is 30.1 Å². The van der Waals surface area contributed by atoms with Gasteiger partial charge >= 0.3 is 0 Å². The van der Waals surface area contributed by atoms with Gasteiger partial charge in [0.1, 0.15) is 12.4 Å². The van der Waals surface area contributed by atoms with Gasteiger partial charge in [-0.25, -0.2) is 9.37 Å². The van der Waals surface area contributed by atoms with Gasteiger partial charge in [-0.2, -0.15) is 0 Å². The highest BCUT2D eigenvalue weighted by molar-refractivity contribution is 5.38. The molecule has 0 aliphatic heterocycles. The van der Waals surface area contributed by atoms with Crippen LogP contribution in [0.25, 0.3) is 0 Å². The first kappa shape index (κ1) is 14.7. The number of hydrogen-bond acceptors (Lipinski definition) is 5. The van der Waals surface area contributed by atoms with Crippen LogP contribution in [0.15, 0.2) is 42.6 Å². The Morgan fingerprint density at radius 2 is 2.19 bits per heavy atom. The van der Waals surface area contributed by atoms with Gasteiger partial charge in [0.15, 0.2) is 11.6 Å². The van der Waals surface area contributed by atoms with E-state index in [2.05, 4.69) is 4.98 Å². The van der Waals surface area contributed by atoms with E-state index in [4.69, 9.17) is 4.74 Å². The minimum Gasteiger partial charge on any atom is -0.489 e. The fraction of sp³-hybridized carbons (Fsp3) is 0.214. The van der Waals surface area contributed by atoms with Crippen LogP contribution in [0.1, 0.15) is 0 Å². The van der Waals surface area contributed by atoms with E-state index >= 15 is 0 Å². The number of rotatable bonds is 6. The lowest BCUT2D eigenvalue weighted by Crippen LogP contribution is -2.24. The molecule has 0 bridgehead atoms. The van der Waals surface area contributed by atoms with Crippen molar-refractivity contribution in [3.05, 3.63) is 58.5 Å². The van der Waals surface area contributed by atoms with Crippen LogP contribution in [0.3, 0.4) is 0 Å². The first-order valence-electron chi connectivity index (χ1n) is 6.27. The molecule has 1 aromatic carbocycles. The summed E-state index contributed by atoms with van der Waals surface area (Å²) in [7, 11) is 1.85. The Morgan fingerprint density at radius 3 is 2.81 bits per heavy atom. The number of ether oxygens (including phenoxy) is 1. The minimum absolute atomic E-state index is 0.00461. The molecule has 1 heterocycles. The second-order valence-corrected chi connectivity index (χ2v) is 4.33. The summed E-state index contributed by atoms with van der Waals surface area (Å²) in [5.74, 6) is 0.0324. The largest absolute Gasteiger partial charge is 0.489 e. The minimum atomic E-state index is -0.746. The zero-order valence-corrected chi connectivity index (χ0v) is 11.4. The molecule has 0 atom stereocenters. The van der Waals surface area contributed by atoms with Gasteiger partial charge < -0.3 is 9.64 Å². The van der Waals surface area contributed by atoms with Crippen molar-refractivity contribution in [2.24, 2.45) is 0 Å². The molecule has 0 saturated heterocycles. The van der Waals surface area contributed by atoms with Gasteiger partial charge in [-0.05, 0) is 18.2 Å². The molecule has 0 aliphatic rings. The predicted molar refractivity (Wildman–Crippen MR) is 76.1 cm³/mol. The van der Waals surface area contributed by atoms with Gasteiger partial charge in [0.25, 0.3) is 5.69 Å². The summed E-state index contributed by atoms with van der Waals surface area (Å²) in [4.78, 5) is 15.9. The highest BCUT2D eigenvalue weighted by atomic mass is 19.1. The molecular weight excluding hydrogens is 277 g/mol. The number of likely N-dealkylation sites (N-methyl/N-ethyl adjacent to an activating group) is 1. The molecule has 110 valence electrons. The van der Waals surface area contributed by atoms with Crippen LogP contribution in [-0.2, 0) is 0 Å². The number of nitrogens with zero attached hydrogens (tertiary/aromatic N) is 3. The van der Waals surface area contributed by atoms with Crippen LogP contribution >= 0.6 is 0 Å². The predicted octanol–water partition coefficient (Wildman–Crippen LogP) is 2.64. The molecule has 0 amide bonds. The smallest absolute Gasteiger partial charge is 0.272 e. The number of nitro benzene ring substituents is 1. The van der Waals surface area contributed by atoms with Gasteiger partial charge in [-0.15, -0.1) is 0 Å². The molecule has 0 radical (unpaired) electrons. The maximum absolute atomic E-state index is 13.6. The van der Waals surface area contributed by atoms with E-state index in [1.165, 1.54) is 12.1 Å². The summed E-state index contributed by atoms with van der Waals surface area (Å²) in [5, 5.41) is 10.5. The molecule has 7 heteroatoms. The van der Waals surface area contributed by atoms with Crippen LogP contribution in [0.2, 0.25) is 0 Å². The highest BCUT2D eigenvalue weighted by Crippen LogP contribution is 2.22. The normalized spacial score (nSPS) is 10.2. The lowest BCUT2D eigenvalue weighted by molar-refractivity contribution is -0.385. The summed E-state index contributed by atoms with van der Waals surface area (Å²) in [6.45, 7) is 0.745. The third kappa shape index (κ3) is 3.88. The number of pyridine rings is 1. The third-order valence-electron chi connectivity index (χ3n) is 2.85. The van der Waals surface area contributed by atoms with E-state index < -0.39 is 10.7 Å². The molecule has 0 spiro atoms. The van der Waals surface area contributed by atoms with Crippen LogP contribution in [0.4, 0.5) is 15.9 Å². The van der Waals surface area contributed by atoms with Crippen molar-refractivity contribution >= 4 is 11.5 Å². The molecule has 2 rings (SSSR count). The van der Waals surface area contributed by atoms with Crippen molar-refractivity contribution in [1.82, 2.24) is 4.98 Å². The van der Waals surface area contributed by atoms with E-state index in [9.17, 15) is 14.5 Å². The zero-order chi connectivity index (χ0) is 15.2. The molecule has 0 fully saturated rings. The Balaban J connectivity index is 1.90. The fourth-order valence-corrected chi connectivity index (χ4v) is 1.71. The van der Waals surface area contributed by atoms with Gasteiger partial charge in [0.2, 0.25) is 0 Å². The van der Waals surface area contributed by atoms with E-state index in [1.54, 1.807) is 6.20 Å². The van der Waals surface area contributed by atoms with E-state index in [1.807, 2.05) is 30.1 Å². The van der Waals surface area contributed by atoms with Crippen LogP contribution in [0, 0.1) is 15.9 Å². The second kappa shape index (κ2) is 6.65. The Labute approximate surface area is 120 Å². The monoisotopic (exact) mass is 291 g/mol. The average Bonchev–Trinajstić information content (AvgIpc) is 2.49. The van der Waals surface area contributed by atoms with Crippen molar-refractivity contribution < 1.29 is 14.1 Å². The Hall–Kier alpha value is -2.70. The maximum Gasteiger partial charge on any atom is 0.272 e. The summed E-state index contributed by atoms with van der Waals surface area (Å²) >= 11 is 0. The number of non-ortho nitro benzene ring substituents is 1. The summed E-state index contributed by atoms with van der Waals surface area (Å²) in [6.07, 6.45) is 1.68. The number of nitro groups is 1. The van der Waals surface area contributed by atoms with Crippen molar-refractivity contribution in [3.63, 3.8) is 0 Å². The molecule has 0 N–H and O–H groups in total. The van der Waals surface area contributed by atoms with E-state index in [-0.39, 0.29) is 18.0 Å². The SMILES string of the molecule is CN(CCOc1ccc([N+](=O)[O-])cc1F)c1ccccn1. The van der Waals surface area contributed by atoms with Crippen molar-refractivity contribution in [3.8, 4) is 5.75 Å². The molecule has 0 saturated carbocycles. The Morgan fingerprint density at radius 1 is 1.38 bits per heavy atom. The second-order valence-electron chi connectivity index (χ2n) is 4.33. The Bertz CT molecular complexity index is 622. The fourth-order valence-electron chi connectivity index (χ4n) is 1.71. The molecular formula is C14H14FN3O3. The number of benzene rings is 1. The quantitative estimate of drug-likeness (QED) is 0.604. The molecule has 0 aliphatic carbocycles. The van der Waals surface area contributed by atoms with E-state index in [0.717, 1.165) is 11.9 Å². The lowest BCUT2D eigenvalue weighted by atomic mass is 10.3. The summed E-state index contributed by atoms with van der Waals surface area (Å²) < 4.78 is 18.9. The first-order valence-corrected chi connectivity index (χ1v) is 6.27. The molecule has 1 aromatic heterocycles. The van der Waals surface area contributed by atoms with Gasteiger partial charge in [-0.3, -0.25) is 10.1 Å². The molecule has 2 aromatic rings. The average molecular weight is 291 g/mol. The maximum atomic E-state index is 13.6.